The predicted molar refractivity (Wildman–Crippen MR) is 89.3 cm³/mol. The van der Waals surface area contributed by atoms with E-state index in [9.17, 15) is 23.6 Å². The monoisotopic (exact) mass is 436 g/mol. The van der Waals surface area contributed by atoms with Crippen LogP contribution in [0.4, 0.5) is 4.39 Å². The lowest BCUT2D eigenvalue weighted by Crippen LogP contribution is -2.38. The molecule has 0 amide bonds. The second-order valence-electron chi connectivity index (χ2n) is 5.50. The maximum Gasteiger partial charge on any atom is 0.330 e. The SMILES string of the molecule is CCC(=O)OC[C@@H]1O[C@@H](n2cc(F)c(=O)[nH]c2=O)[C@@H](Br)[C@H]1OC(=O)CC. The minimum atomic E-state index is -1.17. The number of alkyl halides is 1. The number of aromatic nitrogens is 2. The third-order valence-electron chi connectivity index (χ3n) is 3.72. The quantitative estimate of drug-likeness (QED) is 0.512. The molecular weight excluding hydrogens is 419 g/mol. The molecule has 1 saturated heterocycles. The van der Waals surface area contributed by atoms with Gasteiger partial charge in [0.2, 0.25) is 5.82 Å². The van der Waals surface area contributed by atoms with Gasteiger partial charge >= 0.3 is 17.6 Å². The van der Waals surface area contributed by atoms with Gasteiger partial charge in [-0.05, 0) is 0 Å². The largest absolute Gasteiger partial charge is 0.463 e. The van der Waals surface area contributed by atoms with Crippen LogP contribution in [0.2, 0.25) is 0 Å². The van der Waals surface area contributed by atoms with Crippen LogP contribution in [0.5, 0.6) is 0 Å². The lowest BCUT2D eigenvalue weighted by atomic mass is 10.2. The van der Waals surface area contributed by atoms with Crippen LogP contribution in [0.15, 0.2) is 15.8 Å². The van der Waals surface area contributed by atoms with Crippen molar-refractivity contribution in [2.24, 2.45) is 0 Å². The highest BCUT2D eigenvalue weighted by molar-refractivity contribution is 9.09. The van der Waals surface area contributed by atoms with Crippen LogP contribution in [0, 0.1) is 5.82 Å². The van der Waals surface area contributed by atoms with E-state index in [-0.39, 0.29) is 19.4 Å². The molecule has 26 heavy (non-hydrogen) atoms. The topological polar surface area (TPSA) is 117 Å². The molecule has 2 heterocycles. The van der Waals surface area contributed by atoms with Crippen LogP contribution in [0.1, 0.15) is 32.9 Å². The van der Waals surface area contributed by atoms with Crippen molar-refractivity contribution in [3.05, 3.63) is 32.9 Å². The maximum absolute atomic E-state index is 13.6. The summed E-state index contributed by atoms with van der Waals surface area (Å²) in [7, 11) is 0. The van der Waals surface area contributed by atoms with Gasteiger partial charge in [0.1, 0.15) is 18.8 Å². The molecule has 1 aliphatic heterocycles. The van der Waals surface area contributed by atoms with Crippen LogP contribution < -0.4 is 11.2 Å². The van der Waals surface area contributed by atoms with Crippen LogP contribution in [-0.4, -0.2) is 45.1 Å². The van der Waals surface area contributed by atoms with Crippen molar-refractivity contribution in [2.75, 3.05) is 6.61 Å². The van der Waals surface area contributed by atoms with Gasteiger partial charge in [0.05, 0.1) is 11.0 Å². The molecule has 9 nitrogen and oxygen atoms in total. The van der Waals surface area contributed by atoms with Gasteiger partial charge < -0.3 is 14.2 Å². The second kappa shape index (κ2) is 8.58. The average molecular weight is 437 g/mol. The number of esters is 2. The van der Waals surface area contributed by atoms with Gasteiger partial charge in [-0.1, -0.05) is 29.8 Å². The molecule has 0 aromatic carbocycles. The van der Waals surface area contributed by atoms with Crippen molar-refractivity contribution in [3.63, 3.8) is 0 Å². The second-order valence-corrected chi connectivity index (χ2v) is 6.56. The number of hydrogen-bond acceptors (Lipinski definition) is 7. The van der Waals surface area contributed by atoms with Gasteiger partial charge in [0.25, 0.3) is 5.56 Å². The van der Waals surface area contributed by atoms with Crippen LogP contribution in [0.25, 0.3) is 0 Å². The fourth-order valence-corrected chi connectivity index (χ4v) is 3.18. The van der Waals surface area contributed by atoms with E-state index in [1.54, 1.807) is 13.8 Å². The summed E-state index contributed by atoms with van der Waals surface area (Å²) in [4.78, 5) is 47.3. The van der Waals surface area contributed by atoms with E-state index in [2.05, 4.69) is 15.9 Å². The van der Waals surface area contributed by atoms with Gasteiger partial charge in [0.15, 0.2) is 6.23 Å². The Morgan fingerprint density at radius 2 is 1.96 bits per heavy atom. The Bertz CT molecular complexity index is 793. The molecule has 1 aliphatic rings. The molecule has 1 aromatic heterocycles. The number of aromatic amines is 1. The van der Waals surface area contributed by atoms with E-state index in [1.165, 1.54) is 0 Å². The van der Waals surface area contributed by atoms with Gasteiger partial charge in [-0.25, -0.2) is 4.79 Å². The Morgan fingerprint density at radius 1 is 1.31 bits per heavy atom. The number of halogens is 2. The third-order valence-corrected chi connectivity index (χ3v) is 4.69. The summed E-state index contributed by atoms with van der Waals surface area (Å²) in [6, 6.07) is 0. The fourth-order valence-electron chi connectivity index (χ4n) is 2.35. The standard InChI is InChI=1S/C15H18BrFN2O7/c1-3-9(20)24-6-8-12(26-10(21)4-2)11(16)14(25-8)19-5-7(17)13(22)18-15(19)23/h5,8,11-12,14H,3-4,6H2,1-2H3,(H,18,22,23)/t8-,11-,12-,14+/m0/s1. The van der Waals surface area contributed by atoms with Gasteiger partial charge in [-0.3, -0.25) is 23.9 Å². The lowest BCUT2D eigenvalue weighted by molar-refractivity contribution is -0.157. The molecule has 0 unspecified atom stereocenters. The minimum absolute atomic E-state index is 0.107. The smallest absolute Gasteiger partial charge is 0.330 e. The summed E-state index contributed by atoms with van der Waals surface area (Å²) in [5.74, 6) is -2.16. The molecule has 0 spiro atoms. The summed E-state index contributed by atoms with van der Waals surface area (Å²) in [6.45, 7) is 3.01. The molecular formula is C15H18BrFN2O7. The number of nitrogens with zero attached hydrogens (tertiary/aromatic N) is 1. The van der Waals surface area contributed by atoms with Crippen LogP contribution in [-0.2, 0) is 23.8 Å². The lowest BCUT2D eigenvalue weighted by Gasteiger charge is -2.20. The van der Waals surface area contributed by atoms with E-state index in [4.69, 9.17) is 14.2 Å². The van der Waals surface area contributed by atoms with E-state index < -0.39 is 52.3 Å². The average Bonchev–Trinajstić information content (AvgIpc) is 2.91. The van der Waals surface area contributed by atoms with Crippen LogP contribution >= 0.6 is 15.9 Å². The molecule has 144 valence electrons. The van der Waals surface area contributed by atoms with E-state index >= 15 is 0 Å². The zero-order valence-corrected chi connectivity index (χ0v) is 15.7. The molecule has 2 rings (SSSR count). The molecule has 11 heteroatoms. The first-order chi connectivity index (χ1) is 12.3. The van der Waals surface area contributed by atoms with Gasteiger partial charge in [-0.2, -0.15) is 4.39 Å². The summed E-state index contributed by atoms with van der Waals surface area (Å²) < 4.78 is 30.4. The summed E-state index contributed by atoms with van der Waals surface area (Å²) in [5.41, 5.74) is -2.05. The zero-order chi connectivity index (χ0) is 19.4. The number of ether oxygens (including phenoxy) is 3. The van der Waals surface area contributed by atoms with Crippen molar-refractivity contribution in [2.45, 2.75) is 50.0 Å². The first-order valence-electron chi connectivity index (χ1n) is 7.94. The van der Waals surface area contributed by atoms with Crippen molar-refractivity contribution in [1.82, 2.24) is 9.55 Å². The van der Waals surface area contributed by atoms with Crippen molar-refractivity contribution < 1.29 is 28.2 Å². The highest BCUT2D eigenvalue weighted by Gasteiger charge is 2.47. The van der Waals surface area contributed by atoms with E-state index in [0.29, 0.717) is 6.20 Å². The molecule has 1 aromatic rings. The van der Waals surface area contributed by atoms with Gasteiger partial charge in [0, 0.05) is 12.8 Å². The summed E-state index contributed by atoms with van der Waals surface area (Å²) in [5, 5.41) is 0. The fraction of sp³-hybridized carbons (Fsp3) is 0.600. The number of nitrogens with one attached hydrogen (secondary N) is 1. The Morgan fingerprint density at radius 3 is 2.58 bits per heavy atom. The predicted octanol–water partition coefficient (Wildman–Crippen LogP) is 0.612. The molecule has 1 N–H and O–H groups in total. The number of carbonyl (C=O) groups excluding carboxylic acids is 2. The van der Waals surface area contributed by atoms with Crippen molar-refractivity contribution in [1.29, 1.82) is 0 Å². The summed E-state index contributed by atoms with van der Waals surface area (Å²) >= 11 is 3.29. The van der Waals surface area contributed by atoms with E-state index in [1.807, 2.05) is 4.98 Å². The molecule has 1 fully saturated rings. The Hall–Kier alpha value is -2.01. The molecule has 0 saturated carbocycles. The molecule has 0 aliphatic carbocycles. The van der Waals surface area contributed by atoms with E-state index in [0.717, 1.165) is 4.57 Å². The Kier molecular flexibility index (Phi) is 6.70. The minimum Gasteiger partial charge on any atom is -0.463 e. The number of carbonyl (C=O) groups is 2. The molecule has 0 radical (unpaired) electrons. The normalized spacial score (nSPS) is 25.1. The highest BCUT2D eigenvalue weighted by Crippen LogP contribution is 2.36. The van der Waals surface area contributed by atoms with Crippen molar-refractivity contribution in [3.8, 4) is 0 Å². The third kappa shape index (κ3) is 4.39. The summed E-state index contributed by atoms with van der Waals surface area (Å²) in [6.07, 6.45) is -1.89. The Balaban J connectivity index is 2.30. The number of H-pyrrole nitrogens is 1. The maximum atomic E-state index is 13.6. The number of rotatable bonds is 6. The first kappa shape index (κ1) is 20.3. The highest BCUT2D eigenvalue weighted by atomic mass is 79.9. The van der Waals surface area contributed by atoms with Gasteiger partial charge in [-0.15, -0.1) is 0 Å². The Labute approximate surface area is 155 Å². The van der Waals surface area contributed by atoms with Crippen LogP contribution in [0.3, 0.4) is 0 Å². The zero-order valence-electron chi connectivity index (χ0n) is 14.1. The number of hydrogen-bond donors (Lipinski definition) is 1. The molecule has 0 bridgehead atoms. The van der Waals surface area contributed by atoms with Crippen molar-refractivity contribution >= 4 is 27.9 Å². The first-order valence-corrected chi connectivity index (χ1v) is 8.85. The molecule has 4 atom stereocenters.